The number of anilines is 1. The van der Waals surface area contributed by atoms with Crippen LogP contribution in [0.3, 0.4) is 0 Å². The fourth-order valence-electron chi connectivity index (χ4n) is 2.86. The van der Waals surface area contributed by atoms with Gasteiger partial charge in [0, 0.05) is 6.54 Å². The van der Waals surface area contributed by atoms with E-state index in [0.29, 0.717) is 18.9 Å². The van der Waals surface area contributed by atoms with Gasteiger partial charge in [-0.15, -0.1) is 0 Å². The third-order valence-electron chi connectivity index (χ3n) is 4.08. The van der Waals surface area contributed by atoms with Crippen LogP contribution in [0.25, 0.3) is 0 Å². The summed E-state index contributed by atoms with van der Waals surface area (Å²) in [6, 6.07) is 2.77. The van der Waals surface area contributed by atoms with Crippen LogP contribution in [0, 0.1) is 0 Å². The lowest BCUT2D eigenvalue weighted by Gasteiger charge is -2.23. The molecule has 1 aliphatic carbocycles. The van der Waals surface area contributed by atoms with Gasteiger partial charge in [0.2, 0.25) is 0 Å². The lowest BCUT2D eigenvalue weighted by molar-refractivity contribution is -0.00393. The minimum Gasteiger partial charge on any atom is -0.486 e. The van der Waals surface area contributed by atoms with Crippen molar-refractivity contribution in [2.75, 3.05) is 33.1 Å². The van der Waals surface area contributed by atoms with Crippen LogP contribution >= 0.6 is 0 Å². The summed E-state index contributed by atoms with van der Waals surface area (Å²) in [7, 11) is 2.45. The number of benzene rings is 1. The van der Waals surface area contributed by atoms with E-state index in [2.05, 4.69) is 4.74 Å². The molecular weight excluding hydrogens is 328 g/mol. The standard InChI is InChI=1S/C17H24N2O6/c1-22-16(20)10-8-12(19)15(9-11(10)17(21)23-2)25-14-5-3-4-13(14)24-7-6-18/h8-9,13-14H,3-7,18-19H2,1-2H3/t13-,14+/m0/s1. The Labute approximate surface area is 146 Å². The predicted molar refractivity (Wildman–Crippen MR) is 90.6 cm³/mol. The maximum Gasteiger partial charge on any atom is 0.338 e. The van der Waals surface area contributed by atoms with Crippen molar-refractivity contribution in [2.45, 2.75) is 31.5 Å². The van der Waals surface area contributed by atoms with E-state index in [-0.39, 0.29) is 29.0 Å². The average Bonchev–Trinajstić information content (AvgIpc) is 3.06. The number of ether oxygens (including phenoxy) is 4. The summed E-state index contributed by atoms with van der Waals surface area (Å²) in [5.41, 5.74) is 11.8. The Morgan fingerprint density at radius 3 is 2.28 bits per heavy atom. The lowest BCUT2D eigenvalue weighted by atomic mass is 10.1. The van der Waals surface area contributed by atoms with Crippen molar-refractivity contribution in [1.82, 2.24) is 0 Å². The van der Waals surface area contributed by atoms with Crippen LogP contribution < -0.4 is 16.2 Å². The number of hydrogen-bond donors (Lipinski definition) is 2. The monoisotopic (exact) mass is 352 g/mol. The molecule has 0 amide bonds. The molecule has 4 N–H and O–H groups in total. The minimum absolute atomic E-state index is 0.0292. The van der Waals surface area contributed by atoms with Crippen LogP contribution in [-0.4, -0.2) is 51.5 Å². The number of nitrogen functional groups attached to an aromatic ring is 1. The van der Waals surface area contributed by atoms with Gasteiger partial charge < -0.3 is 30.4 Å². The summed E-state index contributed by atoms with van der Waals surface area (Å²) in [5, 5.41) is 0. The number of carbonyl (C=O) groups is 2. The molecule has 1 saturated carbocycles. The number of nitrogens with two attached hydrogens (primary N) is 2. The number of carbonyl (C=O) groups excluding carboxylic acids is 2. The van der Waals surface area contributed by atoms with Gasteiger partial charge in [0.15, 0.2) is 0 Å². The van der Waals surface area contributed by atoms with E-state index in [9.17, 15) is 9.59 Å². The largest absolute Gasteiger partial charge is 0.486 e. The number of methoxy groups -OCH3 is 2. The molecule has 25 heavy (non-hydrogen) atoms. The van der Waals surface area contributed by atoms with Crippen molar-refractivity contribution in [3.05, 3.63) is 23.3 Å². The summed E-state index contributed by atoms with van der Waals surface area (Å²) < 4.78 is 21.1. The molecule has 1 aliphatic rings. The van der Waals surface area contributed by atoms with Crippen molar-refractivity contribution >= 4 is 17.6 Å². The number of rotatable bonds is 7. The Morgan fingerprint density at radius 1 is 1.08 bits per heavy atom. The number of hydrogen-bond acceptors (Lipinski definition) is 8. The molecule has 0 radical (unpaired) electrons. The van der Waals surface area contributed by atoms with E-state index in [1.807, 2.05) is 0 Å². The first-order valence-corrected chi connectivity index (χ1v) is 8.10. The zero-order valence-corrected chi connectivity index (χ0v) is 14.4. The summed E-state index contributed by atoms with van der Waals surface area (Å²) in [5.74, 6) is -1.04. The van der Waals surface area contributed by atoms with Gasteiger partial charge in [-0.2, -0.15) is 0 Å². The van der Waals surface area contributed by atoms with Crippen molar-refractivity contribution in [3.8, 4) is 5.75 Å². The Morgan fingerprint density at radius 2 is 1.68 bits per heavy atom. The second kappa shape index (κ2) is 8.68. The van der Waals surface area contributed by atoms with Gasteiger partial charge in [-0.1, -0.05) is 0 Å². The minimum atomic E-state index is -0.677. The maximum atomic E-state index is 12.0. The van der Waals surface area contributed by atoms with Gasteiger partial charge in [-0.3, -0.25) is 0 Å². The van der Waals surface area contributed by atoms with Crippen LogP contribution in [0.1, 0.15) is 40.0 Å². The molecule has 0 aliphatic heterocycles. The fraction of sp³-hybridized carbons (Fsp3) is 0.529. The smallest absolute Gasteiger partial charge is 0.338 e. The first-order valence-electron chi connectivity index (χ1n) is 8.10. The topological polar surface area (TPSA) is 123 Å². The van der Waals surface area contributed by atoms with E-state index >= 15 is 0 Å². The van der Waals surface area contributed by atoms with Crippen LogP contribution in [0.5, 0.6) is 5.75 Å². The van der Waals surface area contributed by atoms with Gasteiger partial charge in [-0.25, -0.2) is 9.59 Å². The molecule has 0 saturated heterocycles. The molecule has 0 aromatic heterocycles. The molecule has 0 bridgehead atoms. The molecular formula is C17H24N2O6. The first-order chi connectivity index (χ1) is 12.0. The van der Waals surface area contributed by atoms with Gasteiger partial charge in [0.05, 0.1) is 43.7 Å². The highest BCUT2D eigenvalue weighted by Gasteiger charge is 2.31. The molecule has 1 aromatic rings. The average molecular weight is 352 g/mol. The summed E-state index contributed by atoms with van der Waals surface area (Å²) in [6.07, 6.45) is 2.37. The SMILES string of the molecule is COC(=O)c1cc(N)c(O[C@@H]2CCC[C@@H]2OCCN)cc1C(=O)OC. The van der Waals surface area contributed by atoms with Crippen molar-refractivity contribution in [1.29, 1.82) is 0 Å². The molecule has 8 heteroatoms. The Bertz CT molecular complexity index is 634. The van der Waals surface area contributed by atoms with Crippen LogP contribution in [0.4, 0.5) is 5.69 Å². The van der Waals surface area contributed by atoms with E-state index in [1.54, 1.807) is 0 Å². The summed E-state index contributed by atoms with van der Waals surface area (Å²) >= 11 is 0. The first kappa shape index (κ1) is 19.0. The zero-order chi connectivity index (χ0) is 18.4. The highest BCUT2D eigenvalue weighted by atomic mass is 16.5. The third-order valence-corrected chi connectivity index (χ3v) is 4.08. The normalized spacial score (nSPS) is 19.5. The highest BCUT2D eigenvalue weighted by molar-refractivity contribution is 6.04. The lowest BCUT2D eigenvalue weighted by Crippen LogP contribution is -2.30. The van der Waals surface area contributed by atoms with E-state index in [0.717, 1.165) is 19.3 Å². The molecule has 0 spiro atoms. The predicted octanol–water partition coefficient (Wildman–Crippen LogP) is 1.12. The Kier molecular flexibility index (Phi) is 6.60. The van der Waals surface area contributed by atoms with Crippen LogP contribution in [-0.2, 0) is 14.2 Å². The Hall–Kier alpha value is -2.32. The van der Waals surface area contributed by atoms with Crippen molar-refractivity contribution < 1.29 is 28.5 Å². The molecule has 138 valence electrons. The molecule has 1 aromatic carbocycles. The molecule has 0 heterocycles. The molecule has 2 rings (SSSR count). The maximum absolute atomic E-state index is 12.0. The van der Waals surface area contributed by atoms with E-state index in [4.69, 9.17) is 25.7 Å². The second-order valence-corrected chi connectivity index (χ2v) is 5.70. The summed E-state index contributed by atoms with van der Waals surface area (Å²) in [4.78, 5) is 23.9. The second-order valence-electron chi connectivity index (χ2n) is 5.70. The molecule has 1 fully saturated rings. The number of esters is 2. The van der Waals surface area contributed by atoms with E-state index in [1.165, 1.54) is 26.4 Å². The zero-order valence-electron chi connectivity index (χ0n) is 14.4. The van der Waals surface area contributed by atoms with E-state index < -0.39 is 11.9 Å². The van der Waals surface area contributed by atoms with Crippen molar-refractivity contribution in [2.24, 2.45) is 5.73 Å². The van der Waals surface area contributed by atoms with Gasteiger partial charge in [0.25, 0.3) is 0 Å². The van der Waals surface area contributed by atoms with Gasteiger partial charge in [-0.05, 0) is 31.4 Å². The summed E-state index contributed by atoms with van der Waals surface area (Å²) in [6.45, 7) is 0.889. The molecule has 2 atom stereocenters. The van der Waals surface area contributed by atoms with Crippen molar-refractivity contribution in [3.63, 3.8) is 0 Å². The molecule has 8 nitrogen and oxygen atoms in total. The fourth-order valence-corrected chi connectivity index (χ4v) is 2.86. The third kappa shape index (κ3) is 4.40. The Balaban J connectivity index is 2.28. The van der Waals surface area contributed by atoms with Crippen LogP contribution in [0.2, 0.25) is 0 Å². The highest BCUT2D eigenvalue weighted by Crippen LogP contribution is 2.32. The van der Waals surface area contributed by atoms with Crippen LogP contribution in [0.15, 0.2) is 12.1 Å². The van der Waals surface area contributed by atoms with Gasteiger partial charge in [0.1, 0.15) is 11.9 Å². The quantitative estimate of drug-likeness (QED) is 0.553. The van der Waals surface area contributed by atoms with Gasteiger partial charge >= 0.3 is 11.9 Å². The molecule has 0 unspecified atom stereocenters.